The van der Waals surface area contributed by atoms with Crippen molar-refractivity contribution in [2.45, 2.75) is 57.9 Å². The monoisotopic (exact) mass is 337 g/mol. The van der Waals surface area contributed by atoms with Gasteiger partial charge in [-0.3, -0.25) is 4.79 Å². The third-order valence-corrected chi connectivity index (χ3v) is 4.80. The van der Waals surface area contributed by atoms with Crippen LogP contribution in [0.4, 0.5) is 0 Å². The number of unbranched alkanes of at least 4 members (excludes halogenated alkanes) is 1. The van der Waals surface area contributed by atoms with Gasteiger partial charge < -0.3 is 4.90 Å². The lowest BCUT2D eigenvalue weighted by Crippen LogP contribution is -2.36. The quantitative estimate of drug-likeness (QED) is 0.698. The van der Waals surface area contributed by atoms with E-state index in [0.29, 0.717) is 11.6 Å². The van der Waals surface area contributed by atoms with Crippen LogP contribution in [0, 0.1) is 0 Å². The zero-order valence-electron chi connectivity index (χ0n) is 15.2. The fourth-order valence-corrected chi connectivity index (χ4v) is 3.22. The van der Waals surface area contributed by atoms with Gasteiger partial charge in [-0.15, -0.1) is 0 Å². The van der Waals surface area contributed by atoms with Crippen molar-refractivity contribution in [2.24, 2.45) is 0 Å². The maximum absolute atomic E-state index is 13.3. The number of carbonyl (C=O) groups is 1. The van der Waals surface area contributed by atoms with Crippen LogP contribution in [-0.2, 0) is 0 Å². The number of amides is 1. The van der Waals surface area contributed by atoms with Crippen LogP contribution < -0.4 is 0 Å². The second kappa shape index (κ2) is 8.24. The van der Waals surface area contributed by atoms with E-state index < -0.39 is 0 Å². The topological polar surface area (TPSA) is 46.1 Å². The van der Waals surface area contributed by atoms with E-state index in [4.69, 9.17) is 0 Å². The lowest BCUT2D eigenvalue weighted by atomic mass is 10.0. The molecule has 0 N–H and O–H groups in total. The smallest absolute Gasteiger partial charge is 0.273 e. The second-order valence-electron chi connectivity index (χ2n) is 6.76. The Kier molecular flexibility index (Phi) is 5.79. The fraction of sp³-hybridized carbons (Fsp3) is 0.476. The minimum Gasteiger partial charge on any atom is -0.330 e. The van der Waals surface area contributed by atoms with Crippen molar-refractivity contribution in [3.8, 4) is 0 Å². The summed E-state index contributed by atoms with van der Waals surface area (Å²) < 4.78 is 0. The van der Waals surface area contributed by atoms with E-state index in [1.165, 1.54) is 5.56 Å². The van der Waals surface area contributed by atoms with Gasteiger partial charge in [0.25, 0.3) is 5.91 Å². The summed E-state index contributed by atoms with van der Waals surface area (Å²) in [5.41, 5.74) is 1.72. The average molecular weight is 337 g/mol. The number of carbonyl (C=O) groups excluding carboxylic acids is 1. The van der Waals surface area contributed by atoms with Crippen molar-refractivity contribution in [2.75, 3.05) is 6.54 Å². The molecular weight excluding hydrogens is 310 g/mol. The fourth-order valence-electron chi connectivity index (χ4n) is 3.22. The molecular formula is C21H27N3O. The molecule has 4 heteroatoms. The van der Waals surface area contributed by atoms with Crippen molar-refractivity contribution >= 4 is 5.91 Å². The summed E-state index contributed by atoms with van der Waals surface area (Å²) in [4.78, 5) is 24.2. The first kappa shape index (κ1) is 17.6. The number of hydrogen-bond donors (Lipinski definition) is 0. The molecule has 132 valence electrons. The summed E-state index contributed by atoms with van der Waals surface area (Å²) in [6.07, 6.45) is 6.95. The Hall–Kier alpha value is -2.23. The molecule has 0 spiro atoms. The Morgan fingerprint density at radius 3 is 2.60 bits per heavy atom. The first-order valence-electron chi connectivity index (χ1n) is 9.43. The van der Waals surface area contributed by atoms with Gasteiger partial charge in [-0.25, -0.2) is 9.97 Å². The van der Waals surface area contributed by atoms with Gasteiger partial charge in [-0.1, -0.05) is 50.6 Å². The Morgan fingerprint density at radius 2 is 1.96 bits per heavy atom. The molecule has 0 aliphatic heterocycles. The van der Waals surface area contributed by atoms with Crippen molar-refractivity contribution in [3.63, 3.8) is 0 Å². The molecule has 1 fully saturated rings. The van der Waals surface area contributed by atoms with E-state index >= 15 is 0 Å². The van der Waals surface area contributed by atoms with E-state index in [0.717, 1.165) is 44.5 Å². The van der Waals surface area contributed by atoms with Crippen LogP contribution in [0.3, 0.4) is 0 Å². The van der Waals surface area contributed by atoms with E-state index in [-0.39, 0.29) is 11.9 Å². The van der Waals surface area contributed by atoms with Crippen molar-refractivity contribution < 1.29 is 4.79 Å². The van der Waals surface area contributed by atoms with Gasteiger partial charge in [0.15, 0.2) is 0 Å². The van der Waals surface area contributed by atoms with Crippen LogP contribution in [0.25, 0.3) is 0 Å². The third-order valence-electron chi connectivity index (χ3n) is 4.80. The van der Waals surface area contributed by atoms with Crippen LogP contribution in [0.15, 0.2) is 42.6 Å². The van der Waals surface area contributed by atoms with Crippen LogP contribution >= 0.6 is 0 Å². The first-order valence-corrected chi connectivity index (χ1v) is 9.43. The highest BCUT2D eigenvalue weighted by atomic mass is 16.2. The lowest BCUT2D eigenvalue weighted by Gasteiger charge is -2.31. The van der Waals surface area contributed by atoms with Gasteiger partial charge in [0, 0.05) is 18.7 Å². The minimum atomic E-state index is 0.0217. The Labute approximate surface area is 150 Å². The summed E-state index contributed by atoms with van der Waals surface area (Å²) in [7, 11) is 0. The number of hydrogen-bond acceptors (Lipinski definition) is 3. The van der Waals surface area contributed by atoms with Gasteiger partial charge in [-0.05, 0) is 37.3 Å². The zero-order valence-corrected chi connectivity index (χ0v) is 15.2. The molecule has 1 heterocycles. The normalized spacial score (nSPS) is 15.0. The first-order chi connectivity index (χ1) is 12.2. The van der Waals surface area contributed by atoms with Crippen molar-refractivity contribution in [3.05, 3.63) is 59.7 Å². The summed E-state index contributed by atoms with van der Waals surface area (Å²) in [5.74, 6) is 1.30. The average Bonchev–Trinajstić information content (AvgIpc) is 3.51. The summed E-state index contributed by atoms with van der Waals surface area (Å²) in [5, 5.41) is 0. The van der Waals surface area contributed by atoms with Crippen LogP contribution in [0.2, 0.25) is 0 Å². The summed E-state index contributed by atoms with van der Waals surface area (Å²) in [6.45, 7) is 5.05. The molecule has 1 aromatic carbocycles. The molecule has 1 aliphatic carbocycles. The molecule has 1 unspecified atom stereocenters. The van der Waals surface area contributed by atoms with Gasteiger partial charge in [0.05, 0.1) is 6.04 Å². The van der Waals surface area contributed by atoms with Crippen LogP contribution in [0.1, 0.15) is 79.8 Å². The second-order valence-corrected chi connectivity index (χ2v) is 6.76. The third kappa shape index (κ3) is 4.25. The maximum Gasteiger partial charge on any atom is 0.273 e. The molecule has 1 amide bonds. The standard InChI is InChI=1S/C21H27N3O/c1-3-5-15-24(19(4-2)16-9-7-6-8-10-16)21(25)18-13-14-22-20(23-18)17-11-12-17/h6-10,13-14,17,19H,3-5,11-12,15H2,1-2H3. The van der Waals surface area contributed by atoms with Crippen LogP contribution in [0.5, 0.6) is 0 Å². The molecule has 1 saturated carbocycles. The molecule has 0 bridgehead atoms. The largest absolute Gasteiger partial charge is 0.330 e. The zero-order chi connectivity index (χ0) is 17.6. The SMILES string of the molecule is CCCCN(C(=O)c1ccnc(C2CC2)n1)C(CC)c1ccccc1. The number of nitrogens with zero attached hydrogens (tertiary/aromatic N) is 3. The van der Waals surface area contributed by atoms with Gasteiger partial charge in [0.2, 0.25) is 0 Å². The molecule has 2 aromatic rings. The van der Waals surface area contributed by atoms with Crippen molar-refractivity contribution in [1.82, 2.24) is 14.9 Å². The molecule has 3 rings (SSSR count). The Bertz CT molecular complexity index is 697. The molecule has 1 aliphatic rings. The number of benzene rings is 1. The minimum absolute atomic E-state index is 0.0217. The predicted molar refractivity (Wildman–Crippen MR) is 99.4 cm³/mol. The van der Waals surface area contributed by atoms with E-state index in [2.05, 4.69) is 35.9 Å². The highest BCUT2D eigenvalue weighted by Crippen LogP contribution is 2.38. The highest BCUT2D eigenvalue weighted by molar-refractivity contribution is 5.92. The lowest BCUT2D eigenvalue weighted by molar-refractivity contribution is 0.0660. The maximum atomic E-state index is 13.3. The highest BCUT2D eigenvalue weighted by Gasteiger charge is 2.29. The Balaban J connectivity index is 1.88. The van der Waals surface area contributed by atoms with Gasteiger partial charge >= 0.3 is 0 Å². The molecule has 0 radical (unpaired) electrons. The molecule has 4 nitrogen and oxygen atoms in total. The molecule has 1 aromatic heterocycles. The van der Waals surface area contributed by atoms with Gasteiger partial charge in [-0.2, -0.15) is 0 Å². The van der Waals surface area contributed by atoms with E-state index in [1.807, 2.05) is 23.1 Å². The summed E-state index contributed by atoms with van der Waals surface area (Å²) >= 11 is 0. The van der Waals surface area contributed by atoms with E-state index in [9.17, 15) is 4.79 Å². The predicted octanol–water partition coefficient (Wildman–Crippen LogP) is 4.75. The summed E-state index contributed by atoms with van der Waals surface area (Å²) in [6, 6.07) is 12.1. The number of aromatic nitrogens is 2. The molecule has 25 heavy (non-hydrogen) atoms. The van der Waals surface area contributed by atoms with E-state index in [1.54, 1.807) is 12.3 Å². The molecule has 0 saturated heterocycles. The Morgan fingerprint density at radius 1 is 1.20 bits per heavy atom. The van der Waals surface area contributed by atoms with Crippen molar-refractivity contribution in [1.29, 1.82) is 0 Å². The molecule has 1 atom stereocenters. The number of rotatable bonds is 8. The van der Waals surface area contributed by atoms with Crippen LogP contribution in [-0.4, -0.2) is 27.3 Å². The van der Waals surface area contributed by atoms with Gasteiger partial charge in [0.1, 0.15) is 11.5 Å².